The average Bonchev–Trinajstić information content (AvgIpc) is 2.81. The molecule has 0 radical (unpaired) electrons. The molecular weight excluding hydrogens is 306 g/mol. The normalized spacial score (nSPS) is 10.7. The van der Waals surface area contributed by atoms with Gasteiger partial charge in [-0.05, 0) is 31.2 Å². The summed E-state index contributed by atoms with van der Waals surface area (Å²) in [5.74, 6) is 1.57. The van der Waals surface area contributed by atoms with Crippen LogP contribution in [0.2, 0.25) is 0 Å². The van der Waals surface area contributed by atoms with Gasteiger partial charge in [0.15, 0.2) is 5.75 Å². The van der Waals surface area contributed by atoms with E-state index in [1.165, 1.54) is 5.56 Å². The molecule has 0 atom stereocenters. The minimum absolute atomic E-state index is 0.765. The highest BCUT2D eigenvalue weighted by atomic mass is 79.9. The van der Waals surface area contributed by atoms with Gasteiger partial charge in [0.05, 0.1) is 12.4 Å². The number of ether oxygens (including phenoxy) is 1. The van der Waals surface area contributed by atoms with Gasteiger partial charge in [-0.15, -0.1) is 0 Å². The van der Waals surface area contributed by atoms with Crippen LogP contribution in [0.25, 0.3) is 0 Å². The molecule has 102 valence electrons. The van der Waals surface area contributed by atoms with Crippen molar-refractivity contribution >= 4 is 15.9 Å². The molecule has 0 saturated heterocycles. The zero-order valence-electron chi connectivity index (χ0n) is 11.2. The summed E-state index contributed by atoms with van der Waals surface area (Å²) in [6.07, 6.45) is 4.72. The number of aromatic nitrogens is 2. The first-order valence-electron chi connectivity index (χ1n) is 6.36. The van der Waals surface area contributed by atoms with Crippen LogP contribution >= 0.6 is 15.9 Å². The molecule has 5 heteroatoms. The summed E-state index contributed by atoms with van der Waals surface area (Å²) < 4.78 is 8.72. The minimum atomic E-state index is 0.765. The molecule has 1 N–H and O–H groups in total. The van der Waals surface area contributed by atoms with E-state index < -0.39 is 0 Å². The second-order valence-electron chi connectivity index (χ2n) is 4.32. The zero-order valence-corrected chi connectivity index (χ0v) is 12.8. The maximum Gasteiger partial charge on any atom is 0.165 e. The van der Waals surface area contributed by atoms with Gasteiger partial charge in [-0.3, -0.25) is 4.68 Å². The van der Waals surface area contributed by atoms with Gasteiger partial charge in [-0.2, -0.15) is 5.10 Å². The molecule has 2 rings (SSSR count). The quantitative estimate of drug-likeness (QED) is 0.883. The Morgan fingerprint density at radius 2 is 2.21 bits per heavy atom. The SMILES string of the molecule is CCCn1cc(Oc2ccc(CNC)c(Br)c2)cn1. The van der Waals surface area contributed by atoms with E-state index in [1.807, 2.05) is 36.1 Å². The summed E-state index contributed by atoms with van der Waals surface area (Å²) in [5, 5.41) is 7.37. The second kappa shape index (κ2) is 6.73. The maximum atomic E-state index is 5.79. The summed E-state index contributed by atoms with van der Waals surface area (Å²) >= 11 is 3.55. The highest BCUT2D eigenvalue weighted by Gasteiger charge is 2.04. The summed E-state index contributed by atoms with van der Waals surface area (Å²) in [6.45, 7) is 3.86. The molecule has 4 nitrogen and oxygen atoms in total. The van der Waals surface area contributed by atoms with E-state index in [0.717, 1.165) is 35.5 Å². The van der Waals surface area contributed by atoms with Gasteiger partial charge >= 0.3 is 0 Å². The van der Waals surface area contributed by atoms with Gasteiger partial charge in [-0.1, -0.05) is 28.9 Å². The number of benzene rings is 1. The summed E-state index contributed by atoms with van der Waals surface area (Å²) in [7, 11) is 1.93. The van der Waals surface area contributed by atoms with Gasteiger partial charge in [0.2, 0.25) is 0 Å². The van der Waals surface area contributed by atoms with Crippen LogP contribution in [0.3, 0.4) is 0 Å². The third kappa shape index (κ3) is 3.81. The Balaban J connectivity index is 2.07. The van der Waals surface area contributed by atoms with Crippen LogP contribution in [0.1, 0.15) is 18.9 Å². The standard InChI is InChI=1S/C14H18BrN3O/c1-3-6-18-10-13(9-17-18)19-12-5-4-11(8-16-2)14(15)7-12/h4-5,7,9-10,16H,3,6,8H2,1-2H3. The third-order valence-corrected chi connectivity index (χ3v) is 3.43. The molecule has 0 amide bonds. The largest absolute Gasteiger partial charge is 0.454 e. The Bertz CT molecular complexity index is 539. The molecule has 0 fully saturated rings. The van der Waals surface area contributed by atoms with E-state index in [0.29, 0.717) is 0 Å². The highest BCUT2D eigenvalue weighted by Crippen LogP contribution is 2.26. The fourth-order valence-corrected chi connectivity index (χ4v) is 2.31. The molecule has 0 aliphatic heterocycles. The fraction of sp³-hybridized carbons (Fsp3) is 0.357. The lowest BCUT2D eigenvalue weighted by Crippen LogP contribution is -2.05. The molecular formula is C14H18BrN3O. The lowest BCUT2D eigenvalue weighted by Gasteiger charge is -2.07. The number of hydrogen-bond donors (Lipinski definition) is 1. The molecule has 1 aromatic carbocycles. The first-order chi connectivity index (χ1) is 9.22. The van der Waals surface area contributed by atoms with E-state index in [4.69, 9.17) is 4.74 Å². The fourth-order valence-electron chi connectivity index (χ4n) is 1.81. The predicted octanol–water partition coefficient (Wildman–Crippen LogP) is 3.57. The maximum absolute atomic E-state index is 5.79. The van der Waals surface area contributed by atoms with Crippen LogP contribution < -0.4 is 10.1 Å². The predicted molar refractivity (Wildman–Crippen MR) is 79.5 cm³/mol. The summed E-state index contributed by atoms with van der Waals surface area (Å²) in [5.41, 5.74) is 1.21. The van der Waals surface area contributed by atoms with E-state index in [2.05, 4.69) is 33.3 Å². The Kier molecular flexibility index (Phi) is 4.99. The van der Waals surface area contributed by atoms with Crippen molar-refractivity contribution in [2.24, 2.45) is 0 Å². The van der Waals surface area contributed by atoms with Crippen molar-refractivity contribution in [1.29, 1.82) is 0 Å². The average molecular weight is 324 g/mol. The van der Waals surface area contributed by atoms with E-state index in [-0.39, 0.29) is 0 Å². The van der Waals surface area contributed by atoms with Crippen LogP contribution in [0.4, 0.5) is 0 Å². The van der Waals surface area contributed by atoms with Crippen molar-refractivity contribution in [1.82, 2.24) is 15.1 Å². The van der Waals surface area contributed by atoms with Crippen LogP contribution in [-0.2, 0) is 13.1 Å². The molecule has 0 aliphatic rings. The van der Waals surface area contributed by atoms with Crippen molar-refractivity contribution in [3.63, 3.8) is 0 Å². The van der Waals surface area contributed by atoms with Crippen LogP contribution in [-0.4, -0.2) is 16.8 Å². The Morgan fingerprint density at radius 1 is 1.37 bits per heavy atom. The second-order valence-corrected chi connectivity index (χ2v) is 5.18. The van der Waals surface area contributed by atoms with Crippen LogP contribution in [0.5, 0.6) is 11.5 Å². The zero-order chi connectivity index (χ0) is 13.7. The first-order valence-corrected chi connectivity index (χ1v) is 7.15. The third-order valence-electron chi connectivity index (χ3n) is 2.69. The van der Waals surface area contributed by atoms with Gasteiger partial charge in [-0.25, -0.2) is 0 Å². The van der Waals surface area contributed by atoms with Crippen molar-refractivity contribution in [3.8, 4) is 11.5 Å². The van der Waals surface area contributed by atoms with E-state index in [9.17, 15) is 0 Å². The molecule has 0 saturated carbocycles. The molecule has 0 spiro atoms. The number of nitrogens with one attached hydrogen (secondary N) is 1. The van der Waals surface area contributed by atoms with E-state index >= 15 is 0 Å². The number of nitrogens with zero attached hydrogens (tertiary/aromatic N) is 2. The van der Waals surface area contributed by atoms with Crippen molar-refractivity contribution < 1.29 is 4.74 Å². The van der Waals surface area contributed by atoms with Crippen LogP contribution in [0, 0.1) is 0 Å². The smallest absolute Gasteiger partial charge is 0.165 e. The molecule has 19 heavy (non-hydrogen) atoms. The van der Waals surface area contributed by atoms with Gasteiger partial charge in [0.25, 0.3) is 0 Å². The molecule has 1 heterocycles. The number of aryl methyl sites for hydroxylation is 1. The Labute approximate surface area is 121 Å². The number of rotatable bonds is 6. The Hall–Kier alpha value is -1.33. The van der Waals surface area contributed by atoms with Crippen LogP contribution in [0.15, 0.2) is 35.1 Å². The summed E-state index contributed by atoms with van der Waals surface area (Å²) in [4.78, 5) is 0. The topological polar surface area (TPSA) is 39.1 Å². The number of hydrogen-bond acceptors (Lipinski definition) is 3. The minimum Gasteiger partial charge on any atom is -0.454 e. The van der Waals surface area contributed by atoms with Gasteiger partial charge < -0.3 is 10.1 Å². The van der Waals surface area contributed by atoms with Gasteiger partial charge in [0.1, 0.15) is 5.75 Å². The van der Waals surface area contributed by atoms with Gasteiger partial charge in [0, 0.05) is 17.6 Å². The monoisotopic (exact) mass is 323 g/mol. The van der Waals surface area contributed by atoms with Crippen molar-refractivity contribution in [2.45, 2.75) is 26.4 Å². The first kappa shape index (κ1) is 14.1. The van der Waals surface area contributed by atoms with Crippen molar-refractivity contribution in [2.75, 3.05) is 7.05 Å². The molecule has 0 aliphatic carbocycles. The Morgan fingerprint density at radius 3 is 2.89 bits per heavy atom. The highest BCUT2D eigenvalue weighted by molar-refractivity contribution is 9.10. The molecule has 0 unspecified atom stereocenters. The van der Waals surface area contributed by atoms with E-state index in [1.54, 1.807) is 6.20 Å². The molecule has 1 aromatic heterocycles. The summed E-state index contributed by atoms with van der Waals surface area (Å²) in [6, 6.07) is 5.99. The van der Waals surface area contributed by atoms with Crippen molar-refractivity contribution in [3.05, 3.63) is 40.6 Å². The molecule has 0 bridgehead atoms. The lowest BCUT2D eigenvalue weighted by atomic mass is 10.2. The lowest BCUT2D eigenvalue weighted by molar-refractivity contribution is 0.480. The number of halogens is 1. The molecule has 2 aromatic rings.